The molecule has 2 rings (SSSR count). The molecule has 1 aliphatic rings. The van der Waals surface area contributed by atoms with E-state index in [2.05, 4.69) is 19.9 Å². The Hall–Kier alpha value is -1.15. The third-order valence-corrected chi connectivity index (χ3v) is 4.70. The lowest BCUT2D eigenvalue weighted by Gasteiger charge is -2.37. The lowest BCUT2D eigenvalue weighted by Crippen LogP contribution is -2.41. The Labute approximate surface area is 116 Å². The van der Waals surface area contributed by atoms with Gasteiger partial charge in [0.25, 0.3) is 0 Å². The topological polar surface area (TPSA) is 43.1 Å². The van der Waals surface area contributed by atoms with Crippen molar-refractivity contribution >= 4 is 5.78 Å². The summed E-state index contributed by atoms with van der Waals surface area (Å²) in [6.07, 6.45) is 5.10. The van der Waals surface area contributed by atoms with Crippen molar-refractivity contribution < 1.29 is 4.79 Å². The lowest BCUT2D eigenvalue weighted by atomic mass is 9.67. The minimum absolute atomic E-state index is 0.261. The van der Waals surface area contributed by atoms with Gasteiger partial charge in [-0.1, -0.05) is 32.0 Å². The first-order valence-electron chi connectivity index (χ1n) is 7.45. The molecular formula is C17H25NO. The third kappa shape index (κ3) is 2.89. The summed E-state index contributed by atoms with van der Waals surface area (Å²) in [4.78, 5) is 12.8. The van der Waals surface area contributed by atoms with E-state index >= 15 is 0 Å². The highest BCUT2D eigenvalue weighted by atomic mass is 16.1. The van der Waals surface area contributed by atoms with Crippen LogP contribution in [-0.2, 0) is 6.42 Å². The van der Waals surface area contributed by atoms with Gasteiger partial charge < -0.3 is 5.73 Å². The first kappa shape index (κ1) is 14.3. The summed E-state index contributed by atoms with van der Waals surface area (Å²) in [6.45, 7) is 4.86. The van der Waals surface area contributed by atoms with Crippen molar-refractivity contribution in [2.24, 2.45) is 17.1 Å². The van der Waals surface area contributed by atoms with Crippen LogP contribution in [0.2, 0.25) is 0 Å². The number of rotatable bonds is 4. The second kappa shape index (κ2) is 5.87. The summed E-state index contributed by atoms with van der Waals surface area (Å²) in [5.41, 5.74) is 7.74. The fourth-order valence-corrected chi connectivity index (χ4v) is 3.08. The van der Waals surface area contributed by atoms with Crippen LogP contribution in [0, 0.1) is 11.3 Å². The van der Waals surface area contributed by atoms with E-state index < -0.39 is 0 Å². The number of aryl methyl sites for hydroxylation is 1. The fraction of sp³-hybridized carbons (Fsp3) is 0.588. The van der Waals surface area contributed by atoms with Crippen molar-refractivity contribution in [3.8, 4) is 0 Å². The Morgan fingerprint density at radius 3 is 2.63 bits per heavy atom. The number of benzene rings is 1. The second-order valence-electron chi connectivity index (χ2n) is 6.05. The molecule has 2 N–H and O–H groups in total. The average molecular weight is 259 g/mol. The van der Waals surface area contributed by atoms with E-state index in [4.69, 9.17) is 5.73 Å². The summed E-state index contributed by atoms with van der Waals surface area (Å²) in [6, 6.07) is 8.05. The SMILES string of the molecule is CCc1cccc(C(=O)C2(CN)CCC(C)CC2)c1. The number of hydrogen-bond acceptors (Lipinski definition) is 2. The maximum Gasteiger partial charge on any atom is 0.170 e. The summed E-state index contributed by atoms with van der Waals surface area (Å²) in [7, 11) is 0. The molecule has 0 radical (unpaired) electrons. The molecule has 0 unspecified atom stereocenters. The van der Waals surface area contributed by atoms with Gasteiger partial charge in [-0.05, 0) is 49.7 Å². The Kier molecular flexibility index (Phi) is 4.41. The van der Waals surface area contributed by atoms with Crippen LogP contribution in [0.25, 0.3) is 0 Å². The number of nitrogens with two attached hydrogens (primary N) is 1. The van der Waals surface area contributed by atoms with Crippen LogP contribution in [0.3, 0.4) is 0 Å². The third-order valence-electron chi connectivity index (χ3n) is 4.70. The van der Waals surface area contributed by atoms with Gasteiger partial charge in [0.1, 0.15) is 0 Å². The van der Waals surface area contributed by atoms with Gasteiger partial charge in [0.15, 0.2) is 5.78 Å². The summed E-state index contributed by atoms with van der Waals surface area (Å²) < 4.78 is 0. The highest BCUT2D eigenvalue weighted by Gasteiger charge is 2.40. The first-order valence-corrected chi connectivity index (χ1v) is 7.45. The molecule has 0 spiro atoms. The van der Waals surface area contributed by atoms with E-state index in [-0.39, 0.29) is 11.2 Å². The highest BCUT2D eigenvalue weighted by Crippen LogP contribution is 2.40. The molecule has 0 atom stereocenters. The van der Waals surface area contributed by atoms with Gasteiger partial charge in [0.05, 0.1) is 0 Å². The number of carbonyl (C=O) groups excluding carboxylic acids is 1. The van der Waals surface area contributed by atoms with Crippen LogP contribution < -0.4 is 5.73 Å². The zero-order chi connectivity index (χ0) is 13.9. The summed E-state index contributed by atoms with van der Waals surface area (Å²) in [5, 5.41) is 0. The van der Waals surface area contributed by atoms with Crippen molar-refractivity contribution in [3.05, 3.63) is 35.4 Å². The summed E-state index contributed by atoms with van der Waals surface area (Å²) in [5.74, 6) is 0.992. The molecule has 0 bridgehead atoms. The van der Waals surface area contributed by atoms with E-state index in [1.165, 1.54) is 5.56 Å². The number of hydrogen-bond donors (Lipinski definition) is 1. The standard InChI is InChI=1S/C17H25NO/c1-3-14-5-4-6-15(11-14)16(19)17(12-18)9-7-13(2)8-10-17/h4-6,11,13H,3,7-10,12,18H2,1-2H3. The Morgan fingerprint density at radius 2 is 2.05 bits per heavy atom. The van der Waals surface area contributed by atoms with Crippen LogP contribution in [-0.4, -0.2) is 12.3 Å². The molecule has 0 heterocycles. The lowest BCUT2D eigenvalue weighted by molar-refractivity contribution is 0.0695. The van der Waals surface area contributed by atoms with Gasteiger partial charge in [0, 0.05) is 17.5 Å². The molecule has 0 saturated heterocycles. The normalized spacial score (nSPS) is 27.2. The Bertz CT molecular complexity index is 444. The minimum Gasteiger partial charge on any atom is -0.329 e. The van der Waals surface area contributed by atoms with Gasteiger partial charge in [-0.15, -0.1) is 0 Å². The molecule has 2 heteroatoms. The van der Waals surface area contributed by atoms with Crippen LogP contribution in [0.5, 0.6) is 0 Å². The van der Waals surface area contributed by atoms with Crippen LogP contribution in [0.1, 0.15) is 55.5 Å². The van der Waals surface area contributed by atoms with Gasteiger partial charge in [-0.3, -0.25) is 4.79 Å². The minimum atomic E-state index is -0.307. The zero-order valence-corrected chi connectivity index (χ0v) is 12.1. The molecule has 2 nitrogen and oxygen atoms in total. The van der Waals surface area contributed by atoms with Crippen molar-refractivity contribution in [1.82, 2.24) is 0 Å². The number of carbonyl (C=O) groups is 1. The van der Waals surface area contributed by atoms with E-state index in [9.17, 15) is 4.79 Å². The Balaban J connectivity index is 2.25. The molecular weight excluding hydrogens is 234 g/mol. The molecule has 0 aliphatic heterocycles. The van der Waals surface area contributed by atoms with Crippen molar-refractivity contribution in [2.75, 3.05) is 6.54 Å². The molecule has 0 amide bonds. The maximum atomic E-state index is 12.8. The van der Waals surface area contributed by atoms with Gasteiger partial charge >= 0.3 is 0 Å². The molecule has 1 fully saturated rings. The number of ketones is 1. The van der Waals surface area contributed by atoms with Gasteiger partial charge in [-0.2, -0.15) is 0 Å². The van der Waals surface area contributed by atoms with E-state index in [1.54, 1.807) is 0 Å². The first-order chi connectivity index (χ1) is 9.11. The van der Waals surface area contributed by atoms with Crippen LogP contribution in [0.4, 0.5) is 0 Å². The molecule has 19 heavy (non-hydrogen) atoms. The molecule has 1 saturated carbocycles. The second-order valence-corrected chi connectivity index (χ2v) is 6.05. The molecule has 1 aromatic carbocycles. The quantitative estimate of drug-likeness (QED) is 0.840. The molecule has 1 aromatic rings. The molecule has 1 aliphatic carbocycles. The molecule has 0 aromatic heterocycles. The number of Topliss-reactive ketones (excluding diaryl/α,β-unsaturated/α-hetero) is 1. The predicted octanol–water partition coefficient (Wildman–Crippen LogP) is 3.59. The van der Waals surface area contributed by atoms with Gasteiger partial charge in [0.2, 0.25) is 0 Å². The largest absolute Gasteiger partial charge is 0.329 e. The van der Waals surface area contributed by atoms with Crippen molar-refractivity contribution in [1.29, 1.82) is 0 Å². The average Bonchev–Trinajstić information content (AvgIpc) is 2.48. The predicted molar refractivity (Wildman–Crippen MR) is 79.3 cm³/mol. The van der Waals surface area contributed by atoms with Crippen LogP contribution >= 0.6 is 0 Å². The monoisotopic (exact) mass is 259 g/mol. The van der Waals surface area contributed by atoms with E-state index in [0.29, 0.717) is 6.54 Å². The highest BCUT2D eigenvalue weighted by molar-refractivity contribution is 6.00. The van der Waals surface area contributed by atoms with E-state index in [1.807, 2.05) is 18.2 Å². The Morgan fingerprint density at radius 1 is 1.37 bits per heavy atom. The van der Waals surface area contributed by atoms with Gasteiger partial charge in [-0.25, -0.2) is 0 Å². The van der Waals surface area contributed by atoms with E-state index in [0.717, 1.165) is 43.6 Å². The van der Waals surface area contributed by atoms with Crippen LogP contribution in [0.15, 0.2) is 24.3 Å². The smallest absolute Gasteiger partial charge is 0.170 e. The van der Waals surface area contributed by atoms with Crippen molar-refractivity contribution in [2.45, 2.75) is 46.0 Å². The van der Waals surface area contributed by atoms with Crippen molar-refractivity contribution in [3.63, 3.8) is 0 Å². The summed E-state index contributed by atoms with van der Waals surface area (Å²) >= 11 is 0. The zero-order valence-electron chi connectivity index (χ0n) is 12.1. The maximum absolute atomic E-state index is 12.8. The molecule has 104 valence electrons. The fourth-order valence-electron chi connectivity index (χ4n) is 3.08.